The predicted octanol–water partition coefficient (Wildman–Crippen LogP) is 2.16. The fourth-order valence-corrected chi connectivity index (χ4v) is 5.57. The van der Waals surface area contributed by atoms with Crippen molar-refractivity contribution in [2.45, 2.75) is 37.6 Å². The van der Waals surface area contributed by atoms with Crippen LogP contribution < -0.4 is 0 Å². The average Bonchev–Trinajstić information content (AvgIpc) is 3.05. The van der Waals surface area contributed by atoms with Gasteiger partial charge >= 0.3 is 0 Å². The maximum absolute atomic E-state index is 12.8. The van der Waals surface area contributed by atoms with E-state index >= 15 is 0 Å². The first-order valence-corrected chi connectivity index (χ1v) is 9.52. The average molecular weight is 320 g/mol. The molecule has 22 heavy (non-hydrogen) atoms. The molecule has 0 saturated carbocycles. The maximum atomic E-state index is 12.8. The highest BCUT2D eigenvalue weighted by atomic mass is 32.2. The first kappa shape index (κ1) is 15.7. The molecule has 1 aromatic rings. The zero-order chi connectivity index (χ0) is 15.7. The van der Waals surface area contributed by atoms with Gasteiger partial charge in [-0.15, -0.1) is 6.58 Å². The Bertz CT molecular complexity index is 639. The molecule has 0 aromatic heterocycles. The van der Waals surface area contributed by atoms with Crippen LogP contribution >= 0.6 is 0 Å². The number of sulfonamides is 1. The molecule has 5 heteroatoms. The van der Waals surface area contributed by atoms with Crippen molar-refractivity contribution < 1.29 is 8.42 Å². The van der Waals surface area contributed by atoms with Crippen LogP contribution in [0.15, 0.2) is 36.9 Å². The quantitative estimate of drug-likeness (QED) is 0.781. The lowest BCUT2D eigenvalue weighted by Gasteiger charge is -2.24. The molecule has 0 aliphatic carbocycles. The molecular weight excluding hydrogens is 296 g/mol. The van der Waals surface area contributed by atoms with Gasteiger partial charge < -0.3 is 0 Å². The second kappa shape index (κ2) is 6.14. The molecule has 0 amide bonds. The molecule has 0 radical (unpaired) electrons. The van der Waals surface area contributed by atoms with Crippen LogP contribution in [0.4, 0.5) is 0 Å². The smallest absolute Gasteiger partial charge is 0.218 e. The van der Waals surface area contributed by atoms with Crippen LogP contribution in [0.3, 0.4) is 0 Å². The molecule has 1 aromatic carbocycles. The Balaban J connectivity index is 1.73. The van der Waals surface area contributed by atoms with Crippen molar-refractivity contribution >= 4 is 10.0 Å². The zero-order valence-electron chi connectivity index (χ0n) is 13.1. The van der Waals surface area contributed by atoms with E-state index in [2.05, 4.69) is 11.5 Å². The van der Waals surface area contributed by atoms with Gasteiger partial charge in [0.15, 0.2) is 0 Å². The molecule has 4 nitrogen and oxygen atoms in total. The van der Waals surface area contributed by atoms with E-state index in [1.807, 2.05) is 37.3 Å². The number of rotatable bonds is 5. The summed E-state index contributed by atoms with van der Waals surface area (Å²) in [7, 11) is -3.24. The van der Waals surface area contributed by atoms with Crippen LogP contribution in [0.5, 0.6) is 0 Å². The molecule has 2 heterocycles. The molecule has 2 atom stereocenters. The van der Waals surface area contributed by atoms with E-state index in [0.717, 1.165) is 37.1 Å². The maximum Gasteiger partial charge on any atom is 0.218 e. The van der Waals surface area contributed by atoms with E-state index in [-0.39, 0.29) is 11.8 Å². The van der Waals surface area contributed by atoms with Crippen LogP contribution in [0.1, 0.15) is 24.0 Å². The van der Waals surface area contributed by atoms with Crippen LogP contribution in [-0.4, -0.2) is 49.3 Å². The topological polar surface area (TPSA) is 40.6 Å². The molecule has 2 aliphatic rings. The molecule has 0 N–H and O–H groups in total. The predicted molar refractivity (Wildman–Crippen MR) is 89.1 cm³/mol. The SMILES string of the molecule is C=CCN1CC[C@H]2[C@H]1CCN2S(=O)(=O)Cc1ccc(C)cc1. The summed E-state index contributed by atoms with van der Waals surface area (Å²) in [6.07, 6.45) is 3.78. The van der Waals surface area contributed by atoms with Crippen molar-refractivity contribution in [2.75, 3.05) is 19.6 Å². The molecular formula is C17H24N2O2S. The van der Waals surface area contributed by atoms with Gasteiger partial charge in [0.25, 0.3) is 0 Å². The summed E-state index contributed by atoms with van der Waals surface area (Å²) >= 11 is 0. The van der Waals surface area contributed by atoms with Gasteiger partial charge in [0, 0.05) is 31.7 Å². The fraction of sp³-hybridized carbons (Fsp3) is 0.529. The summed E-state index contributed by atoms with van der Waals surface area (Å²) < 4.78 is 27.3. The third kappa shape index (κ3) is 2.98. The number of aryl methyl sites for hydroxylation is 1. The lowest BCUT2D eigenvalue weighted by Crippen LogP contribution is -2.40. The van der Waals surface area contributed by atoms with E-state index in [4.69, 9.17) is 0 Å². The summed E-state index contributed by atoms with van der Waals surface area (Å²) in [5.74, 6) is 0.109. The van der Waals surface area contributed by atoms with Crippen molar-refractivity contribution in [3.63, 3.8) is 0 Å². The van der Waals surface area contributed by atoms with Gasteiger partial charge in [-0.05, 0) is 25.3 Å². The van der Waals surface area contributed by atoms with Crippen LogP contribution in [0, 0.1) is 6.92 Å². The van der Waals surface area contributed by atoms with Gasteiger partial charge in [0.1, 0.15) is 0 Å². The van der Waals surface area contributed by atoms with Gasteiger partial charge in [0.05, 0.1) is 5.75 Å². The first-order chi connectivity index (χ1) is 10.5. The summed E-state index contributed by atoms with van der Waals surface area (Å²) in [6, 6.07) is 8.29. The number of likely N-dealkylation sites (tertiary alicyclic amines) is 1. The highest BCUT2D eigenvalue weighted by molar-refractivity contribution is 7.88. The Morgan fingerprint density at radius 3 is 2.55 bits per heavy atom. The van der Waals surface area contributed by atoms with Crippen molar-refractivity contribution in [3.8, 4) is 0 Å². The summed E-state index contributed by atoms with van der Waals surface area (Å²) in [5.41, 5.74) is 2.02. The molecule has 2 aliphatic heterocycles. The van der Waals surface area contributed by atoms with E-state index in [9.17, 15) is 8.42 Å². The third-order valence-corrected chi connectivity index (χ3v) is 6.70. The normalized spacial score (nSPS) is 26.2. The van der Waals surface area contributed by atoms with Gasteiger partial charge in [0.2, 0.25) is 10.0 Å². The number of hydrogen-bond donors (Lipinski definition) is 0. The number of nitrogens with zero attached hydrogens (tertiary/aromatic N) is 2. The molecule has 120 valence electrons. The van der Waals surface area contributed by atoms with Crippen molar-refractivity contribution in [1.82, 2.24) is 9.21 Å². The van der Waals surface area contributed by atoms with E-state index in [0.29, 0.717) is 12.6 Å². The van der Waals surface area contributed by atoms with E-state index < -0.39 is 10.0 Å². The third-order valence-electron chi connectivity index (χ3n) is 4.83. The van der Waals surface area contributed by atoms with Crippen LogP contribution in [0.25, 0.3) is 0 Å². The molecule has 0 unspecified atom stereocenters. The molecule has 2 fully saturated rings. The molecule has 0 spiro atoms. The lowest BCUT2D eigenvalue weighted by molar-refractivity contribution is 0.273. The van der Waals surface area contributed by atoms with E-state index in [1.54, 1.807) is 4.31 Å². The number of hydrogen-bond acceptors (Lipinski definition) is 3. The van der Waals surface area contributed by atoms with Gasteiger partial charge in [-0.1, -0.05) is 35.9 Å². The minimum Gasteiger partial charge on any atom is -0.295 e. The van der Waals surface area contributed by atoms with Crippen LogP contribution in [0.2, 0.25) is 0 Å². The summed E-state index contributed by atoms with van der Waals surface area (Å²) in [6.45, 7) is 8.28. The number of benzene rings is 1. The van der Waals surface area contributed by atoms with Crippen molar-refractivity contribution in [1.29, 1.82) is 0 Å². The minimum atomic E-state index is -3.24. The van der Waals surface area contributed by atoms with Gasteiger partial charge in [-0.2, -0.15) is 4.31 Å². The first-order valence-electron chi connectivity index (χ1n) is 7.91. The molecule has 3 rings (SSSR count). The highest BCUT2D eigenvalue weighted by Crippen LogP contribution is 2.34. The summed E-state index contributed by atoms with van der Waals surface area (Å²) in [4.78, 5) is 2.36. The van der Waals surface area contributed by atoms with Crippen molar-refractivity contribution in [3.05, 3.63) is 48.0 Å². The number of fused-ring (bicyclic) bond motifs is 1. The summed E-state index contributed by atoms with van der Waals surface area (Å²) in [5, 5.41) is 0. The highest BCUT2D eigenvalue weighted by Gasteiger charge is 2.46. The standard InChI is InChI=1S/C17H24N2O2S/c1-3-10-18-11-8-17-16(18)9-12-19(17)22(20,21)13-15-6-4-14(2)5-7-15/h3-7,16-17H,1,8-13H2,2H3/t16-,17+/m1/s1. The Hall–Kier alpha value is -1.17. The Morgan fingerprint density at radius 1 is 1.18 bits per heavy atom. The van der Waals surface area contributed by atoms with Gasteiger partial charge in [-0.3, -0.25) is 4.90 Å². The van der Waals surface area contributed by atoms with Crippen molar-refractivity contribution in [2.24, 2.45) is 0 Å². The second-order valence-electron chi connectivity index (χ2n) is 6.35. The van der Waals surface area contributed by atoms with Crippen LogP contribution in [-0.2, 0) is 15.8 Å². The molecule has 2 saturated heterocycles. The second-order valence-corrected chi connectivity index (χ2v) is 8.27. The largest absolute Gasteiger partial charge is 0.295 e. The Kier molecular flexibility index (Phi) is 4.39. The fourth-order valence-electron chi connectivity index (χ4n) is 3.75. The zero-order valence-corrected chi connectivity index (χ0v) is 13.9. The van der Waals surface area contributed by atoms with E-state index in [1.165, 1.54) is 0 Å². The van der Waals surface area contributed by atoms with Gasteiger partial charge in [-0.25, -0.2) is 8.42 Å². The Labute approximate surface area is 133 Å². The molecule has 0 bridgehead atoms. The monoisotopic (exact) mass is 320 g/mol. The lowest BCUT2D eigenvalue weighted by atomic mass is 10.1. The minimum absolute atomic E-state index is 0.109. The Morgan fingerprint density at radius 2 is 1.86 bits per heavy atom.